The third-order valence-electron chi connectivity index (χ3n) is 2.81. The Kier molecular flexibility index (Phi) is 7.42. The molecule has 122 valence electrons. The number of phenols is 1. The fraction of sp³-hybridized carbons (Fsp3) is 0.438. The van der Waals surface area contributed by atoms with Crippen LogP contribution in [0.2, 0.25) is 0 Å². The number of benzene rings is 1. The van der Waals surface area contributed by atoms with E-state index in [2.05, 4.69) is 0 Å². The molecule has 0 aliphatic heterocycles. The summed E-state index contributed by atoms with van der Waals surface area (Å²) < 4.78 is 20.5. The van der Waals surface area contributed by atoms with Gasteiger partial charge in [0.2, 0.25) is 0 Å². The molecule has 1 N–H and O–H groups in total. The highest BCUT2D eigenvalue weighted by molar-refractivity contribution is 5.87. The topological polar surface area (TPSA) is 74.2 Å². The molecule has 0 aromatic heterocycles. The van der Waals surface area contributed by atoms with Crippen molar-refractivity contribution in [2.24, 2.45) is 0 Å². The molecule has 6 nitrogen and oxygen atoms in total. The first-order chi connectivity index (χ1) is 10.5. The number of methoxy groups -OCH3 is 2. The van der Waals surface area contributed by atoms with Gasteiger partial charge in [-0.25, -0.2) is 4.79 Å². The van der Waals surface area contributed by atoms with E-state index < -0.39 is 12.3 Å². The van der Waals surface area contributed by atoms with Crippen LogP contribution >= 0.6 is 0 Å². The van der Waals surface area contributed by atoms with Crippen molar-refractivity contribution in [3.63, 3.8) is 0 Å². The minimum Gasteiger partial charge on any atom is -0.504 e. The van der Waals surface area contributed by atoms with Crippen molar-refractivity contribution in [3.8, 4) is 11.5 Å². The Morgan fingerprint density at radius 3 is 2.55 bits per heavy atom. The van der Waals surface area contributed by atoms with Crippen LogP contribution in [0.5, 0.6) is 11.5 Å². The third kappa shape index (κ3) is 5.05. The van der Waals surface area contributed by atoms with Gasteiger partial charge in [-0.15, -0.1) is 0 Å². The molecule has 1 aromatic rings. The lowest BCUT2D eigenvalue weighted by Gasteiger charge is -2.14. The molecule has 0 spiro atoms. The molecule has 0 heterocycles. The van der Waals surface area contributed by atoms with Crippen molar-refractivity contribution < 1.29 is 28.8 Å². The van der Waals surface area contributed by atoms with Crippen LogP contribution in [0.1, 0.15) is 32.1 Å². The number of hydrogen-bond acceptors (Lipinski definition) is 6. The Hall–Kier alpha value is -2.05. The fourth-order valence-corrected chi connectivity index (χ4v) is 1.66. The Morgan fingerprint density at radius 1 is 1.32 bits per heavy atom. The molecule has 22 heavy (non-hydrogen) atoms. The quantitative estimate of drug-likeness (QED) is 0.344. The zero-order valence-electron chi connectivity index (χ0n) is 13.3. The van der Waals surface area contributed by atoms with Crippen molar-refractivity contribution in [1.29, 1.82) is 0 Å². The predicted molar refractivity (Wildman–Crippen MR) is 80.5 cm³/mol. The number of carbonyl (C=O) groups is 1. The third-order valence-corrected chi connectivity index (χ3v) is 2.81. The number of esters is 1. The number of hydrogen-bond donors (Lipinski definition) is 1. The average molecular weight is 310 g/mol. The molecule has 0 amide bonds. The van der Waals surface area contributed by atoms with Gasteiger partial charge in [0.25, 0.3) is 0 Å². The van der Waals surface area contributed by atoms with Gasteiger partial charge in [-0.1, -0.05) is 6.92 Å². The van der Waals surface area contributed by atoms with Gasteiger partial charge in [-0.05, 0) is 31.5 Å². The van der Waals surface area contributed by atoms with E-state index in [1.165, 1.54) is 26.5 Å². The Balaban J connectivity index is 2.76. The molecule has 0 bridgehead atoms. The van der Waals surface area contributed by atoms with Crippen LogP contribution in [0.15, 0.2) is 30.0 Å². The fourth-order valence-electron chi connectivity index (χ4n) is 1.66. The molecule has 0 saturated carbocycles. The number of phenolic OH excluding ortho intramolecular Hbond substituents is 1. The number of ether oxygens (including phenoxy) is 4. The van der Waals surface area contributed by atoms with Crippen molar-refractivity contribution in [1.82, 2.24) is 0 Å². The van der Waals surface area contributed by atoms with Crippen LogP contribution in [0.3, 0.4) is 0 Å². The summed E-state index contributed by atoms with van der Waals surface area (Å²) in [7, 11) is 3.01. The summed E-state index contributed by atoms with van der Waals surface area (Å²) in [6.07, 6.45) is 1.43. The summed E-state index contributed by atoms with van der Waals surface area (Å²) >= 11 is 0. The SMILES string of the molecule is CCCOC(=O)C(C)=COc1ccc(C(OC)OC)cc1O. The first-order valence-electron chi connectivity index (χ1n) is 6.92. The Morgan fingerprint density at radius 2 is 2.00 bits per heavy atom. The zero-order chi connectivity index (χ0) is 16.5. The molecule has 0 fully saturated rings. The predicted octanol–water partition coefficient (Wildman–Crippen LogP) is 2.92. The van der Waals surface area contributed by atoms with E-state index in [1.54, 1.807) is 19.1 Å². The van der Waals surface area contributed by atoms with Crippen LogP contribution in [0.25, 0.3) is 0 Å². The molecule has 0 atom stereocenters. The molecule has 1 rings (SSSR count). The zero-order valence-corrected chi connectivity index (χ0v) is 13.3. The standard InChI is InChI=1S/C16H22O6/c1-5-8-21-15(18)11(2)10-22-14-7-6-12(9-13(14)17)16(19-3)20-4/h6-7,9-10,16-17H,5,8H2,1-4H3. The number of carbonyl (C=O) groups excluding carboxylic acids is 1. The van der Waals surface area contributed by atoms with Gasteiger partial charge in [0.05, 0.1) is 12.2 Å². The van der Waals surface area contributed by atoms with E-state index in [-0.39, 0.29) is 11.5 Å². The van der Waals surface area contributed by atoms with Gasteiger partial charge in [0.1, 0.15) is 6.26 Å². The van der Waals surface area contributed by atoms with E-state index in [4.69, 9.17) is 18.9 Å². The smallest absolute Gasteiger partial charge is 0.336 e. The van der Waals surface area contributed by atoms with Crippen molar-refractivity contribution in [2.45, 2.75) is 26.6 Å². The summed E-state index contributed by atoms with van der Waals surface area (Å²) in [5, 5.41) is 9.94. The largest absolute Gasteiger partial charge is 0.504 e. The van der Waals surface area contributed by atoms with E-state index in [0.717, 1.165) is 6.42 Å². The summed E-state index contributed by atoms with van der Waals surface area (Å²) in [5.74, 6) is -0.309. The molecule has 0 saturated heterocycles. The maximum absolute atomic E-state index is 11.6. The second-order valence-corrected chi connectivity index (χ2v) is 4.59. The molecule has 0 unspecified atom stereocenters. The summed E-state index contributed by atoms with van der Waals surface area (Å²) in [4.78, 5) is 11.6. The normalized spacial score (nSPS) is 11.6. The van der Waals surface area contributed by atoms with E-state index >= 15 is 0 Å². The second kappa shape index (κ2) is 9.07. The lowest BCUT2D eigenvalue weighted by atomic mass is 10.2. The van der Waals surface area contributed by atoms with Gasteiger partial charge in [-0.3, -0.25) is 0 Å². The maximum atomic E-state index is 11.6. The van der Waals surface area contributed by atoms with Gasteiger partial charge < -0.3 is 24.1 Å². The molecule has 0 aliphatic carbocycles. The summed E-state index contributed by atoms with van der Waals surface area (Å²) in [5.41, 5.74) is 0.960. The first kappa shape index (κ1) is 18.0. The van der Waals surface area contributed by atoms with Gasteiger partial charge >= 0.3 is 5.97 Å². The summed E-state index contributed by atoms with van der Waals surface area (Å²) in [6, 6.07) is 4.74. The van der Waals surface area contributed by atoms with Crippen LogP contribution in [-0.4, -0.2) is 31.9 Å². The van der Waals surface area contributed by atoms with Crippen LogP contribution in [0, 0.1) is 0 Å². The van der Waals surface area contributed by atoms with Crippen LogP contribution in [-0.2, 0) is 19.0 Å². The number of aromatic hydroxyl groups is 1. The molecular formula is C16H22O6. The van der Waals surface area contributed by atoms with Gasteiger partial charge in [0, 0.05) is 19.8 Å². The summed E-state index contributed by atoms with van der Waals surface area (Å²) in [6.45, 7) is 3.85. The molecule has 0 radical (unpaired) electrons. The lowest BCUT2D eigenvalue weighted by molar-refractivity contribution is -0.139. The Labute approximate surface area is 130 Å². The molecule has 0 aliphatic rings. The van der Waals surface area contributed by atoms with Crippen LogP contribution in [0.4, 0.5) is 0 Å². The van der Waals surface area contributed by atoms with E-state index in [0.29, 0.717) is 17.7 Å². The van der Waals surface area contributed by atoms with E-state index in [1.807, 2.05) is 6.92 Å². The highest BCUT2D eigenvalue weighted by Crippen LogP contribution is 2.30. The first-order valence-corrected chi connectivity index (χ1v) is 6.92. The highest BCUT2D eigenvalue weighted by atomic mass is 16.7. The molecule has 6 heteroatoms. The van der Waals surface area contributed by atoms with Gasteiger partial charge in [0.15, 0.2) is 17.8 Å². The highest BCUT2D eigenvalue weighted by Gasteiger charge is 2.12. The van der Waals surface area contributed by atoms with E-state index in [9.17, 15) is 9.90 Å². The lowest BCUT2D eigenvalue weighted by Crippen LogP contribution is -2.07. The maximum Gasteiger partial charge on any atom is 0.336 e. The monoisotopic (exact) mass is 310 g/mol. The van der Waals surface area contributed by atoms with Crippen molar-refractivity contribution in [2.75, 3.05) is 20.8 Å². The molecule has 1 aromatic carbocycles. The second-order valence-electron chi connectivity index (χ2n) is 4.59. The molecular weight excluding hydrogens is 288 g/mol. The van der Waals surface area contributed by atoms with Gasteiger partial charge in [-0.2, -0.15) is 0 Å². The van der Waals surface area contributed by atoms with Crippen molar-refractivity contribution in [3.05, 3.63) is 35.6 Å². The Bertz CT molecular complexity index is 519. The number of rotatable bonds is 8. The average Bonchev–Trinajstić information content (AvgIpc) is 2.52. The minimum atomic E-state index is -0.568. The minimum absolute atomic E-state index is 0.0809. The van der Waals surface area contributed by atoms with Crippen LogP contribution < -0.4 is 4.74 Å². The van der Waals surface area contributed by atoms with Crippen molar-refractivity contribution >= 4 is 5.97 Å².